The van der Waals surface area contributed by atoms with Crippen LogP contribution >= 0.6 is 15.9 Å². The second-order valence-corrected chi connectivity index (χ2v) is 4.92. The van der Waals surface area contributed by atoms with Gasteiger partial charge in [0.05, 0.1) is 28.2 Å². The highest BCUT2D eigenvalue weighted by atomic mass is 79.9. The number of nitriles is 1. The smallest absolute Gasteiger partial charge is 0.337 e. The molecule has 0 radical (unpaired) electrons. The van der Waals surface area contributed by atoms with Gasteiger partial charge in [-0.15, -0.1) is 0 Å². The number of nitrogens with zero attached hydrogens (tertiary/aromatic N) is 1. The van der Waals surface area contributed by atoms with Crippen molar-refractivity contribution in [2.45, 2.75) is 0 Å². The van der Waals surface area contributed by atoms with Gasteiger partial charge >= 0.3 is 5.97 Å². The van der Waals surface area contributed by atoms with E-state index in [9.17, 15) is 9.90 Å². The fourth-order valence-electron chi connectivity index (χ4n) is 1.74. The Morgan fingerprint density at radius 3 is 2.75 bits per heavy atom. The van der Waals surface area contributed by atoms with Crippen LogP contribution in [0.3, 0.4) is 0 Å². The maximum absolute atomic E-state index is 11.2. The summed E-state index contributed by atoms with van der Waals surface area (Å²) in [7, 11) is 0. The van der Waals surface area contributed by atoms with Crippen molar-refractivity contribution >= 4 is 39.0 Å². The second kappa shape index (κ2) is 5.63. The van der Waals surface area contributed by atoms with Gasteiger partial charge in [-0.05, 0) is 30.3 Å². The summed E-state index contributed by atoms with van der Waals surface area (Å²) in [5, 5.41) is 21.2. The predicted octanol–water partition coefficient (Wildman–Crippen LogP) is 3.34. The maximum Gasteiger partial charge on any atom is 0.337 e. The lowest BCUT2D eigenvalue weighted by Crippen LogP contribution is -2.06. The summed E-state index contributed by atoms with van der Waals surface area (Å²) in [6.07, 6.45) is 0. The van der Waals surface area contributed by atoms with E-state index < -0.39 is 5.97 Å². The second-order valence-electron chi connectivity index (χ2n) is 4.00. The lowest BCUT2D eigenvalue weighted by Gasteiger charge is -2.13. The van der Waals surface area contributed by atoms with Gasteiger partial charge in [0.1, 0.15) is 6.07 Å². The molecule has 6 heteroatoms. The minimum absolute atomic E-state index is 0.0526. The fourth-order valence-corrected chi connectivity index (χ4v) is 2.10. The number of nitrogens with two attached hydrogens (primary N) is 1. The third kappa shape index (κ3) is 2.73. The van der Waals surface area contributed by atoms with E-state index in [0.29, 0.717) is 16.9 Å². The number of carbonyl (C=O) groups is 1. The first kappa shape index (κ1) is 13.9. The summed E-state index contributed by atoms with van der Waals surface area (Å²) in [6.45, 7) is 0. The number of nitrogens with one attached hydrogen (secondary N) is 1. The molecule has 0 aliphatic rings. The van der Waals surface area contributed by atoms with Crippen molar-refractivity contribution in [3.8, 4) is 6.07 Å². The largest absolute Gasteiger partial charge is 0.478 e. The third-order valence-corrected chi connectivity index (χ3v) is 3.18. The van der Waals surface area contributed by atoms with Crippen LogP contribution in [0.2, 0.25) is 0 Å². The standard InChI is InChI=1S/C14H10BrN3O2/c15-9-4-5-12(8(6-9)7-16)18-13-10(14(19)20)2-1-3-11(13)17/h1-6,18H,17H2,(H,19,20). The first-order valence-corrected chi connectivity index (χ1v) is 6.40. The molecule has 2 aromatic rings. The normalized spacial score (nSPS) is 9.80. The molecule has 0 spiro atoms. The van der Waals surface area contributed by atoms with Gasteiger partial charge in [-0.2, -0.15) is 5.26 Å². The molecule has 0 unspecified atom stereocenters. The van der Waals surface area contributed by atoms with E-state index in [-0.39, 0.29) is 11.3 Å². The van der Waals surface area contributed by atoms with Crippen LogP contribution in [0, 0.1) is 11.3 Å². The number of carboxylic acid groups (broad SMARTS) is 1. The first-order chi connectivity index (χ1) is 9.52. The lowest BCUT2D eigenvalue weighted by atomic mass is 10.1. The highest BCUT2D eigenvalue weighted by Gasteiger charge is 2.14. The number of benzene rings is 2. The lowest BCUT2D eigenvalue weighted by molar-refractivity contribution is 0.0698. The summed E-state index contributed by atoms with van der Waals surface area (Å²) in [6, 6.07) is 11.7. The van der Waals surface area contributed by atoms with Crippen LogP contribution < -0.4 is 11.1 Å². The van der Waals surface area contributed by atoms with E-state index in [4.69, 9.17) is 11.0 Å². The van der Waals surface area contributed by atoms with Crippen molar-refractivity contribution in [3.05, 3.63) is 52.0 Å². The van der Waals surface area contributed by atoms with Crippen LogP contribution in [0.1, 0.15) is 15.9 Å². The molecule has 20 heavy (non-hydrogen) atoms. The SMILES string of the molecule is N#Cc1cc(Br)ccc1Nc1c(N)cccc1C(=O)O. The molecule has 0 bridgehead atoms. The Balaban J connectivity index is 2.51. The van der Waals surface area contributed by atoms with E-state index in [0.717, 1.165) is 4.47 Å². The van der Waals surface area contributed by atoms with Crippen LogP contribution in [0.15, 0.2) is 40.9 Å². The molecule has 100 valence electrons. The van der Waals surface area contributed by atoms with Gasteiger partial charge in [0, 0.05) is 4.47 Å². The summed E-state index contributed by atoms with van der Waals surface area (Å²) < 4.78 is 0.763. The van der Waals surface area contributed by atoms with Crippen LogP contribution in [-0.2, 0) is 0 Å². The summed E-state index contributed by atoms with van der Waals surface area (Å²) in [5.41, 5.74) is 7.33. The average molecular weight is 332 g/mol. The molecular formula is C14H10BrN3O2. The number of hydrogen-bond acceptors (Lipinski definition) is 4. The monoisotopic (exact) mass is 331 g/mol. The predicted molar refractivity (Wildman–Crippen MR) is 80.0 cm³/mol. The highest BCUT2D eigenvalue weighted by molar-refractivity contribution is 9.10. The van der Waals surface area contributed by atoms with Gasteiger partial charge in [-0.1, -0.05) is 22.0 Å². The van der Waals surface area contributed by atoms with Crippen molar-refractivity contribution < 1.29 is 9.90 Å². The van der Waals surface area contributed by atoms with Crippen molar-refractivity contribution in [1.29, 1.82) is 5.26 Å². The maximum atomic E-state index is 11.2. The van der Waals surface area contributed by atoms with Gasteiger partial charge < -0.3 is 16.2 Å². The Morgan fingerprint density at radius 1 is 1.35 bits per heavy atom. The van der Waals surface area contributed by atoms with Gasteiger partial charge in [-0.3, -0.25) is 0 Å². The Hall–Kier alpha value is -2.52. The van der Waals surface area contributed by atoms with Crippen LogP contribution in [0.4, 0.5) is 17.1 Å². The number of para-hydroxylation sites is 1. The van der Waals surface area contributed by atoms with Crippen LogP contribution in [-0.4, -0.2) is 11.1 Å². The Labute approximate surface area is 123 Å². The zero-order valence-electron chi connectivity index (χ0n) is 10.2. The Bertz CT molecular complexity index is 723. The molecular weight excluding hydrogens is 322 g/mol. The number of rotatable bonds is 3. The molecule has 0 heterocycles. The molecule has 0 aromatic heterocycles. The van der Waals surface area contributed by atoms with E-state index >= 15 is 0 Å². The first-order valence-electron chi connectivity index (χ1n) is 5.61. The molecule has 4 N–H and O–H groups in total. The zero-order valence-corrected chi connectivity index (χ0v) is 11.8. The molecule has 5 nitrogen and oxygen atoms in total. The van der Waals surface area contributed by atoms with E-state index in [2.05, 4.69) is 21.2 Å². The minimum Gasteiger partial charge on any atom is -0.478 e. The molecule has 2 rings (SSSR count). The van der Waals surface area contributed by atoms with E-state index in [1.807, 2.05) is 6.07 Å². The van der Waals surface area contributed by atoms with E-state index in [1.165, 1.54) is 6.07 Å². The Morgan fingerprint density at radius 2 is 2.10 bits per heavy atom. The number of aromatic carboxylic acids is 1. The van der Waals surface area contributed by atoms with Crippen molar-refractivity contribution in [3.63, 3.8) is 0 Å². The third-order valence-electron chi connectivity index (χ3n) is 2.69. The number of hydrogen-bond donors (Lipinski definition) is 3. The molecule has 0 saturated carbocycles. The summed E-state index contributed by atoms with van der Waals surface area (Å²) in [4.78, 5) is 11.2. The quantitative estimate of drug-likeness (QED) is 0.749. The van der Waals surface area contributed by atoms with Gasteiger partial charge in [-0.25, -0.2) is 4.79 Å². The van der Waals surface area contributed by atoms with Crippen molar-refractivity contribution in [2.75, 3.05) is 11.1 Å². The number of anilines is 3. The van der Waals surface area contributed by atoms with Gasteiger partial charge in [0.25, 0.3) is 0 Å². The molecule has 0 aliphatic carbocycles. The zero-order chi connectivity index (χ0) is 14.7. The molecule has 0 fully saturated rings. The number of halogens is 1. The molecule has 0 saturated heterocycles. The fraction of sp³-hybridized carbons (Fsp3) is 0. The molecule has 0 amide bonds. The molecule has 0 atom stereocenters. The summed E-state index contributed by atoms with van der Waals surface area (Å²) in [5.74, 6) is -1.09. The van der Waals surface area contributed by atoms with Crippen molar-refractivity contribution in [1.82, 2.24) is 0 Å². The van der Waals surface area contributed by atoms with Gasteiger partial charge in [0.2, 0.25) is 0 Å². The number of carboxylic acids is 1. The minimum atomic E-state index is -1.09. The number of nitrogen functional groups attached to an aromatic ring is 1. The van der Waals surface area contributed by atoms with Crippen LogP contribution in [0.5, 0.6) is 0 Å². The topological polar surface area (TPSA) is 99.1 Å². The average Bonchev–Trinajstić information content (AvgIpc) is 2.42. The summed E-state index contributed by atoms with van der Waals surface area (Å²) >= 11 is 3.28. The Kier molecular flexibility index (Phi) is 3.91. The highest BCUT2D eigenvalue weighted by Crippen LogP contribution is 2.30. The van der Waals surface area contributed by atoms with E-state index in [1.54, 1.807) is 30.3 Å². The van der Waals surface area contributed by atoms with Gasteiger partial charge in [0.15, 0.2) is 0 Å². The van der Waals surface area contributed by atoms with Crippen molar-refractivity contribution in [2.24, 2.45) is 0 Å². The van der Waals surface area contributed by atoms with Crippen LogP contribution in [0.25, 0.3) is 0 Å². The molecule has 0 aliphatic heterocycles. The molecule has 2 aromatic carbocycles.